The van der Waals surface area contributed by atoms with Gasteiger partial charge in [-0.15, -0.1) is 0 Å². The maximum Gasteiger partial charge on any atom is 0.321 e. The minimum atomic E-state index is -0.834. The minimum Gasteiger partial charge on any atom is -0.454 e. The number of rotatable bonds is 6. The molecule has 0 aromatic heterocycles. The fourth-order valence-corrected chi connectivity index (χ4v) is 4.03. The number of piperazine rings is 1. The monoisotopic (exact) mass is 494 g/mol. The van der Waals surface area contributed by atoms with Crippen LogP contribution in [0.3, 0.4) is 0 Å². The summed E-state index contributed by atoms with van der Waals surface area (Å²) in [6.45, 7) is 3.70. The van der Waals surface area contributed by atoms with Gasteiger partial charge in [0.1, 0.15) is 5.75 Å². The summed E-state index contributed by atoms with van der Waals surface area (Å²) in [4.78, 5) is 26.8. The molecule has 3 aromatic rings. The van der Waals surface area contributed by atoms with E-state index < -0.39 is 10.7 Å². The number of urea groups is 1. The topological polar surface area (TPSA) is 106 Å². The number of nitrogens with one attached hydrogen (secondary N) is 1. The number of halogens is 1. The molecule has 0 spiro atoms. The molecule has 0 saturated carbocycles. The summed E-state index contributed by atoms with van der Waals surface area (Å²) >= 11 is 0. The maximum absolute atomic E-state index is 14.0. The van der Waals surface area contributed by atoms with E-state index in [-0.39, 0.29) is 24.3 Å². The van der Waals surface area contributed by atoms with E-state index in [4.69, 9.17) is 14.2 Å². The zero-order valence-corrected chi connectivity index (χ0v) is 19.2. The summed E-state index contributed by atoms with van der Waals surface area (Å²) in [7, 11) is 0. The molecule has 5 rings (SSSR count). The van der Waals surface area contributed by atoms with E-state index in [1.807, 2.05) is 18.2 Å². The molecule has 0 bridgehead atoms. The zero-order chi connectivity index (χ0) is 25.1. The van der Waals surface area contributed by atoms with Crippen LogP contribution < -0.4 is 19.5 Å². The number of carbonyl (C=O) groups excluding carboxylic acids is 1. The van der Waals surface area contributed by atoms with Gasteiger partial charge in [-0.05, 0) is 48.0 Å². The summed E-state index contributed by atoms with van der Waals surface area (Å²) in [6.07, 6.45) is 0. The van der Waals surface area contributed by atoms with Crippen molar-refractivity contribution in [3.05, 3.63) is 82.2 Å². The van der Waals surface area contributed by atoms with Gasteiger partial charge in [-0.3, -0.25) is 15.0 Å². The third kappa shape index (κ3) is 5.31. The lowest BCUT2D eigenvalue weighted by Gasteiger charge is -2.34. The van der Waals surface area contributed by atoms with Gasteiger partial charge in [-0.2, -0.15) is 0 Å². The number of non-ortho nitro benzene ring substituents is 1. The van der Waals surface area contributed by atoms with Gasteiger partial charge in [0.25, 0.3) is 5.69 Å². The fourth-order valence-electron chi connectivity index (χ4n) is 4.03. The second kappa shape index (κ2) is 10.1. The van der Waals surface area contributed by atoms with Gasteiger partial charge in [0, 0.05) is 44.5 Å². The molecule has 1 fully saturated rings. The first-order chi connectivity index (χ1) is 17.4. The van der Waals surface area contributed by atoms with Crippen molar-refractivity contribution >= 4 is 17.4 Å². The van der Waals surface area contributed by atoms with Gasteiger partial charge in [0.2, 0.25) is 6.79 Å². The Morgan fingerprint density at radius 2 is 1.75 bits per heavy atom. The Hall–Kier alpha value is -4.38. The van der Waals surface area contributed by atoms with Crippen molar-refractivity contribution < 1.29 is 28.3 Å². The molecule has 186 valence electrons. The van der Waals surface area contributed by atoms with Crippen LogP contribution in [0.5, 0.6) is 23.0 Å². The van der Waals surface area contributed by atoms with Gasteiger partial charge < -0.3 is 24.4 Å². The molecule has 11 heteroatoms. The normalized spacial score (nSPS) is 15.0. The van der Waals surface area contributed by atoms with Crippen LogP contribution in [0.2, 0.25) is 0 Å². The maximum atomic E-state index is 14.0. The molecule has 10 nitrogen and oxygen atoms in total. The smallest absolute Gasteiger partial charge is 0.321 e. The number of hydrogen-bond donors (Lipinski definition) is 1. The second-order valence-electron chi connectivity index (χ2n) is 8.38. The van der Waals surface area contributed by atoms with E-state index in [2.05, 4.69) is 10.2 Å². The van der Waals surface area contributed by atoms with E-state index in [1.54, 1.807) is 29.2 Å². The van der Waals surface area contributed by atoms with Gasteiger partial charge in [-0.1, -0.05) is 6.07 Å². The Bertz CT molecular complexity index is 1280. The van der Waals surface area contributed by atoms with E-state index in [0.29, 0.717) is 24.5 Å². The molecule has 1 N–H and O–H groups in total. The lowest BCUT2D eigenvalue weighted by atomic mass is 10.1. The van der Waals surface area contributed by atoms with Crippen molar-refractivity contribution in [2.45, 2.75) is 6.54 Å². The molecule has 2 heterocycles. The van der Waals surface area contributed by atoms with Crippen LogP contribution in [0, 0.1) is 15.9 Å². The molecule has 2 amide bonds. The van der Waals surface area contributed by atoms with Crippen LogP contribution in [-0.2, 0) is 6.54 Å². The summed E-state index contributed by atoms with van der Waals surface area (Å²) in [6, 6.07) is 15.4. The largest absolute Gasteiger partial charge is 0.454 e. The number of anilines is 1. The van der Waals surface area contributed by atoms with Crippen LogP contribution in [0.25, 0.3) is 0 Å². The van der Waals surface area contributed by atoms with E-state index >= 15 is 0 Å². The van der Waals surface area contributed by atoms with Crippen LogP contribution >= 0.6 is 0 Å². The Balaban J connectivity index is 1.10. The van der Waals surface area contributed by atoms with Gasteiger partial charge >= 0.3 is 6.03 Å². The van der Waals surface area contributed by atoms with Crippen molar-refractivity contribution in [1.29, 1.82) is 0 Å². The lowest BCUT2D eigenvalue weighted by Crippen LogP contribution is -2.49. The molecular weight excluding hydrogens is 471 g/mol. The van der Waals surface area contributed by atoms with Crippen molar-refractivity contribution in [3.63, 3.8) is 0 Å². The number of nitrogens with zero attached hydrogens (tertiary/aromatic N) is 3. The van der Waals surface area contributed by atoms with Crippen molar-refractivity contribution in [2.24, 2.45) is 0 Å². The first-order valence-corrected chi connectivity index (χ1v) is 11.3. The van der Waals surface area contributed by atoms with Gasteiger partial charge in [-0.25, -0.2) is 9.18 Å². The first-order valence-electron chi connectivity index (χ1n) is 11.3. The molecule has 0 atom stereocenters. The van der Waals surface area contributed by atoms with Crippen LogP contribution in [-0.4, -0.2) is 53.7 Å². The van der Waals surface area contributed by atoms with Gasteiger partial charge in [0.05, 0.1) is 11.0 Å². The average molecular weight is 494 g/mol. The highest BCUT2D eigenvalue weighted by Crippen LogP contribution is 2.33. The standard InChI is InChI=1S/C25H23FN4O6/c26-21-14-19(30(32)33)4-8-22(21)36-20-5-2-18(3-6-20)27-25(31)29-11-9-28(10-12-29)15-17-1-7-23-24(13-17)35-16-34-23/h1-8,13-14H,9-12,15-16H2,(H,27,31). The summed E-state index contributed by atoms with van der Waals surface area (Å²) in [5.41, 5.74) is 1.35. The molecule has 0 aliphatic carbocycles. The van der Waals surface area contributed by atoms with E-state index in [9.17, 15) is 19.3 Å². The minimum absolute atomic E-state index is 0.129. The number of benzene rings is 3. The number of hydrogen-bond acceptors (Lipinski definition) is 7. The fraction of sp³-hybridized carbons (Fsp3) is 0.240. The predicted octanol–water partition coefficient (Wildman–Crippen LogP) is 4.60. The highest BCUT2D eigenvalue weighted by atomic mass is 19.1. The van der Waals surface area contributed by atoms with Crippen molar-refractivity contribution in [3.8, 4) is 23.0 Å². The van der Waals surface area contributed by atoms with Gasteiger partial charge in [0.15, 0.2) is 23.1 Å². The highest BCUT2D eigenvalue weighted by Gasteiger charge is 2.22. The van der Waals surface area contributed by atoms with Crippen LogP contribution in [0.15, 0.2) is 60.7 Å². The molecule has 1 saturated heterocycles. The van der Waals surface area contributed by atoms with Crippen molar-refractivity contribution in [1.82, 2.24) is 9.80 Å². The predicted molar refractivity (Wildman–Crippen MR) is 128 cm³/mol. The number of amides is 2. The molecule has 0 unspecified atom stereocenters. The first kappa shape index (κ1) is 23.4. The average Bonchev–Trinajstić information content (AvgIpc) is 3.35. The van der Waals surface area contributed by atoms with E-state index in [0.717, 1.165) is 42.8 Å². The lowest BCUT2D eigenvalue weighted by molar-refractivity contribution is -0.385. The zero-order valence-electron chi connectivity index (χ0n) is 19.2. The van der Waals surface area contributed by atoms with Crippen molar-refractivity contribution in [2.75, 3.05) is 38.3 Å². The molecule has 0 radical (unpaired) electrons. The SMILES string of the molecule is O=C(Nc1ccc(Oc2ccc([N+](=O)[O-])cc2F)cc1)N1CCN(Cc2ccc3c(c2)OCO3)CC1. The summed E-state index contributed by atoms with van der Waals surface area (Å²) in [5, 5.41) is 13.6. The number of nitro benzene ring substituents is 1. The summed E-state index contributed by atoms with van der Waals surface area (Å²) in [5.74, 6) is 0.895. The molecule has 3 aromatic carbocycles. The number of carbonyl (C=O) groups is 1. The number of fused-ring (bicyclic) bond motifs is 1. The number of ether oxygens (including phenoxy) is 3. The number of nitro groups is 1. The summed E-state index contributed by atoms with van der Waals surface area (Å²) < 4.78 is 30.3. The molecule has 2 aliphatic rings. The Morgan fingerprint density at radius 1 is 1.00 bits per heavy atom. The highest BCUT2D eigenvalue weighted by molar-refractivity contribution is 5.89. The third-order valence-corrected chi connectivity index (χ3v) is 5.96. The Kier molecular flexibility index (Phi) is 6.54. The van der Waals surface area contributed by atoms with E-state index in [1.165, 1.54) is 12.1 Å². The van der Waals surface area contributed by atoms with Crippen LogP contribution in [0.4, 0.5) is 20.6 Å². The molecular formula is C25H23FN4O6. The Labute approximate surface area is 205 Å². The molecule has 36 heavy (non-hydrogen) atoms. The Morgan fingerprint density at radius 3 is 2.47 bits per heavy atom. The second-order valence-corrected chi connectivity index (χ2v) is 8.38. The van der Waals surface area contributed by atoms with Crippen LogP contribution in [0.1, 0.15) is 5.56 Å². The third-order valence-electron chi connectivity index (χ3n) is 5.96. The quantitative estimate of drug-likeness (QED) is 0.394. The molecule has 2 aliphatic heterocycles.